The molecule has 1 aliphatic heterocycles. The second-order valence-electron chi connectivity index (χ2n) is 9.88. The summed E-state index contributed by atoms with van der Waals surface area (Å²) in [4.78, 5) is 31.3. The molecule has 170 valence electrons. The number of amidine groups is 1. The number of alkyl halides is 1. The van der Waals surface area contributed by atoms with Crippen LogP contribution in [0.15, 0.2) is 40.5 Å². The Morgan fingerprint density at radius 3 is 2.56 bits per heavy atom. The second-order valence-corrected chi connectivity index (χ2v) is 10.7. The van der Waals surface area contributed by atoms with Crippen LogP contribution in [-0.4, -0.2) is 29.2 Å². The normalized spacial score (nSPS) is 32.5. The molecule has 7 heteroatoms. The Morgan fingerprint density at radius 1 is 1.19 bits per heavy atom. The van der Waals surface area contributed by atoms with Crippen molar-refractivity contribution in [3.05, 3.63) is 35.5 Å². The van der Waals surface area contributed by atoms with Crippen LogP contribution in [0.3, 0.4) is 0 Å². The number of para-hydroxylation sites is 2. The molecule has 4 fully saturated rings. The molecule has 0 saturated heterocycles. The molecule has 1 amide bonds. The Kier molecular flexibility index (Phi) is 5.31. The summed E-state index contributed by atoms with van der Waals surface area (Å²) in [5.74, 6) is 0.727. The zero-order chi connectivity index (χ0) is 22.5. The molecule has 4 bridgehead atoms. The Hall–Kier alpha value is -2.34. The van der Waals surface area contributed by atoms with Crippen LogP contribution >= 0.6 is 11.6 Å². The van der Waals surface area contributed by atoms with Gasteiger partial charge < -0.3 is 15.4 Å². The average molecular weight is 456 g/mol. The number of carbonyl (C=O) groups excluding carboxylic acids is 2. The highest BCUT2D eigenvalue weighted by molar-refractivity contribution is 6.26. The molecular formula is C25H30ClN3O3. The second kappa shape index (κ2) is 7.91. The number of hydrogen-bond donors (Lipinski definition) is 2. The quantitative estimate of drug-likeness (QED) is 0.491. The molecule has 32 heavy (non-hydrogen) atoms. The topological polar surface area (TPSA) is 79.8 Å². The molecule has 4 aliphatic carbocycles. The highest BCUT2D eigenvalue weighted by Crippen LogP contribution is 2.63. The molecule has 0 unspecified atom stereocenters. The summed E-state index contributed by atoms with van der Waals surface area (Å²) in [7, 11) is 0. The van der Waals surface area contributed by atoms with E-state index in [1.807, 2.05) is 31.2 Å². The van der Waals surface area contributed by atoms with Gasteiger partial charge in [-0.2, -0.15) is 0 Å². The molecular weight excluding hydrogens is 426 g/mol. The van der Waals surface area contributed by atoms with Gasteiger partial charge in [-0.1, -0.05) is 19.1 Å². The van der Waals surface area contributed by atoms with E-state index in [4.69, 9.17) is 21.3 Å². The number of carbonyl (C=O) groups is 2. The van der Waals surface area contributed by atoms with E-state index in [0.29, 0.717) is 41.6 Å². The van der Waals surface area contributed by atoms with Gasteiger partial charge in [-0.3, -0.25) is 4.79 Å². The molecule has 1 aromatic rings. The lowest BCUT2D eigenvalue weighted by Crippen LogP contribution is -2.59. The highest BCUT2D eigenvalue weighted by atomic mass is 35.5. The van der Waals surface area contributed by atoms with Crippen LogP contribution < -0.4 is 10.6 Å². The molecule has 0 aromatic heterocycles. The largest absolute Gasteiger partial charge is 0.462 e. The van der Waals surface area contributed by atoms with Gasteiger partial charge in [-0.05, 0) is 75.8 Å². The number of nitrogens with one attached hydrogen (secondary N) is 2. The Morgan fingerprint density at radius 2 is 1.91 bits per heavy atom. The van der Waals surface area contributed by atoms with E-state index >= 15 is 0 Å². The SMILES string of the molecule is CCOC(=O)C1=C(CC)Nc2ccccc2N=C1NC(=O)C12C[C@H]3C[C@@H](CC(Cl)(C3)C1)C2. The monoisotopic (exact) mass is 455 g/mol. The van der Waals surface area contributed by atoms with E-state index < -0.39 is 11.4 Å². The van der Waals surface area contributed by atoms with Crippen molar-refractivity contribution < 1.29 is 14.3 Å². The first kappa shape index (κ1) is 21.5. The predicted molar refractivity (Wildman–Crippen MR) is 125 cm³/mol. The summed E-state index contributed by atoms with van der Waals surface area (Å²) in [6.07, 6.45) is 6.18. The van der Waals surface area contributed by atoms with Crippen LogP contribution in [0.5, 0.6) is 0 Å². The van der Waals surface area contributed by atoms with Gasteiger partial charge in [-0.25, -0.2) is 9.79 Å². The minimum Gasteiger partial charge on any atom is -0.462 e. The van der Waals surface area contributed by atoms with E-state index in [0.717, 1.165) is 31.4 Å². The molecule has 2 atom stereocenters. The van der Waals surface area contributed by atoms with Crippen LogP contribution in [0.4, 0.5) is 11.4 Å². The van der Waals surface area contributed by atoms with E-state index in [2.05, 4.69) is 10.6 Å². The van der Waals surface area contributed by atoms with Gasteiger partial charge in [0.25, 0.3) is 0 Å². The van der Waals surface area contributed by atoms with Crippen LogP contribution in [0.25, 0.3) is 0 Å². The van der Waals surface area contributed by atoms with Crippen molar-refractivity contribution in [1.29, 1.82) is 0 Å². The van der Waals surface area contributed by atoms with Crippen molar-refractivity contribution in [2.24, 2.45) is 22.2 Å². The fraction of sp³-hybridized carbons (Fsp3) is 0.560. The molecule has 6 nitrogen and oxygen atoms in total. The van der Waals surface area contributed by atoms with Crippen LogP contribution in [0.1, 0.15) is 58.8 Å². The summed E-state index contributed by atoms with van der Waals surface area (Å²) in [6.45, 7) is 3.98. The fourth-order valence-electron chi connectivity index (χ4n) is 6.66. The number of rotatable bonds is 4. The number of hydrogen-bond acceptors (Lipinski definition) is 5. The lowest BCUT2D eigenvalue weighted by Gasteiger charge is -2.59. The number of amides is 1. The van der Waals surface area contributed by atoms with Gasteiger partial charge in [0.1, 0.15) is 11.4 Å². The summed E-state index contributed by atoms with van der Waals surface area (Å²) >= 11 is 6.96. The van der Waals surface area contributed by atoms with Crippen molar-refractivity contribution >= 4 is 40.7 Å². The number of aliphatic imine (C=N–C) groups is 1. The number of esters is 1. The van der Waals surface area contributed by atoms with Gasteiger partial charge in [0.15, 0.2) is 0 Å². The van der Waals surface area contributed by atoms with E-state index in [1.165, 1.54) is 6.42 Å². The van der Waals surface area contributed by atoms with Gasteiger partial charge in [0, 0.05) is 10.6 Å². The standard InChI is InChI=1S/C25H30ClN3O3/c1-3-17-20(22(30)32-4-2)21(28-19-8-6-5-7-18(19)27-17)29-23(31)24-10-15-9-16(11-24)13-25(26,12-15)14-24/h5-8,15-16,27H,3-4,9-14H2,1-2H3,(H,28,29,31)/t15-,16-,24?,25?/m1/s1. The van der Waals surface area contributed by atoms with E-state index in [9.17, 15) is 9.59 Å². The third kappa shape index (κ3) is 3.62. The molecule has 4 saturated carbocycles. The maximum atomic E-state index is 13.8. The first-order valence-electron chi connectivity index (χ1n) is 11.7. The van der Waals surface area contributed by atoms with Gasteiger partial charge >= 0.3 is 5.97 Å². The highest BCUT2D eigenvalue weighted by Gasteiger charge is 2.60. The Bertz CT molecular complexity index is 1020. The maximum absolute atomic E-state index is 13.8. The summed E-state index contributed by atoms with van der Waals surface area (Å²) in [6, 6.07) is 7.59. The van der Waals surface area contributed by atoms with Crippen LogP contribution in [0.2, 0.25) is 0 Å². The van der Waals surface area contributed by atoms with Gasteiger partial charge in [0.2, 0.25) is 5.91 Å². The summed E-state index contributed by atoms with van der Waals surface area (Å²) in [5, 5.41) is 6.42. The number of halogens is 1. The summed E-state index contributed by atoms with van der Waals surface area (Å²) < 4.78 is 5.35. The molecule has 1 heterocycles. The molecule has 6 rings (SSSR count). The Labute approximate surface area is 193 Å². The maximum Gasteiger partial charge on any atom is 0.343 e. The lowest BCUT2D eigenvalue weighted by molar-refractivity contribution is -0.143. The third-order valence-electron chi connectivity index (χ3n) is 7.50. The van der Waals surface area contributed by atoms with Crippen LogP contribution in [0, 0.1) is 17.3 Å². The minimum absolute atomic E-state index is 0.0630. The summed E-state index contributed by atoms with van der Waals surface area (Å²) in [5.41, 5.74) is 1.97. The smallest absolute Gasteiger partial charge is 0.343 e. The number of fused-ring (bicyclic) bond motifs is 1. The number of ether oxygens (including phenoxy) is 1. The van der Waals surface area contributed by atoms with E-state index in [1.54, 1.807) is 6.92 Å². The fourth-order valence-corrected chi connectivity index (χ4v) is 7.35. The van der Waals surface area contributed by atoms with Gasteiger partial charge in [0.05, 0.1) is 23.4 Å². The number of anilines is 1. The van der Waals surface area contributed by atoms with Crippen molar-refractivity contribution in [3.63, 3.8) is 0 Å². The Balaban J connectivity index is 1.53. The molecule has 1 aromatic carbocycles. The average Bonchev–Trinajstić information content (AvgIpc) is 2.88. The first-order valence-corrected chi connectivity index (χ1v) is 12.1. The molecule has 5 aliphatic rings. The van der Waals surface area contributed by atoms with Gasteiger partial charge in [-0.15, -0.1) is 11.6 Å². The van der Waals surface area contributed by atoms with Crippen molar-refractivity contribution in [2.75, 3.05) is 11.9 Å². The zero-order valence-corrected chi connectivity index (χ0v) is 19.4. The van der Waals surface area contributed by atoms with Crippen LogP contribution in [-0.2, 0) is 14.3 Å². The zero-order valence-electron chi connectivity index (χ0n) is 18.7. The number of allylic oxidation sites excluding steroid dienone is 1. The molecule has 0 radical (unpaired) electrons. The van der Waals surface area contributed by atoms with E-state index in [-0.39, 0.29) is 23.2 Å². The lowest BCUT2D eigenvalue weighted by atomic mass is 9.49. The molecule has 2 N–H and O–H groups in total. The number of benzene rings is 1. The third-order valence-corrected chi connectivity index (χ3v) is 7.94. The predicted octanol–water partition coefficient (Wildman–Crippen LogP) is 5.06. The first-order chi connectivity index (χ1) is 15.3. The van der Waals surface area contributed by atoms with Crippen molar-refractivity contribution in [1.82, 2.24) is 5.32 Å². The molecule has 0 spiro atoms. The van der Waals surface area contributed by atoms with Crippen molar-refractivity contribution in [3.8, 4) is 0 Å². The van der Waals surface area contributed by atoms with Crippen molar-refractivity contribution in [2.45, 2.75) is 63.7 Å². The minimum atomic E-state index is -0.486. The number of nitrogens with zero attached hydrogens (tertiary/aromatic N) is 1.